The second kappa shape index (κ2) is 7.59. The molecular weight excluding hydrogens is 373 g/mol. The van der Waals surface area contributed by atoms with Gasteiger partial charge < -0.3 is 5.32 Å². The number of benzene rings is 1. The van der Waals surface area contributed by atoms with Crippen molar-refractivity contribution < 1.29 is 9.18 Å². The molecule has 0 aliphatic carbocycles. The largest absolute Gasteiger partial charge is 0.325 e. The predicted octanol–water partition coefficient (Wildman–Crippen LogP) is 3.74. The summed E-state index contributed by atoms with van der Waals surface area (Å²) in [5.74, 6) is -0.496. The highest BCUT2D eigenvalue weighted by molar-refractivity contribution is 7.99. The van der Waals surface area contributed by atoms with E-state index in [0.717, 1.165) is 16.9 Å². The second-order valence-electron chi connectivity index (χ2n) is 5.77. The molecule has 0 unspecified atom stereocenters. The number of nitrogens with zero attached hydrogens (tertiary/aromatic N) is 2. The number of aromatic nitrogens is 2. The lowest BCUT2D eigenvalue weighted by atomic mass is 10.1. The molecular formula is C18H18FN3O2S2. The Kier molecular flexibility index (Phi) is 5.43. The molecule has 0 radical (unpaired) electrons. The molecule has 0 bridgehead atoms. The van der Waals surface area contributed by atoms with Crippen LogP contribution in [-0.2, 0) is 18.3 Å². The zero-order valence-electron chi connectivity index (χ0n) is 14.6. The van der Waals surface area contributed by atoms with E-state index < -0.39 is 0 Å². The van der Waals surface area contributed by atoms with Crippen LogP contribution in [0.5, 0.6) is 0 Å². The van der Waals surface area contributed by atoms with Crippen LogP contribution in [0.1, 0.15) is 17.4 Å². The van der Waals surface area contributed by atoms with Crippen molar-refractivity contribution in [2.45, 2.75) is 25.4 Å². The molecule has 1 N–H and O–H groups in total. The molecule has 0 fully saturated rings. The standard InChI is InChI=1S/C18H18FN3O2S2/c1-4-13-10(2)26-16-15(13)17(24)22(3)18(21-16)25-9-14(23)20-12-7-5-11(19)6-8-12/h5-8H,4,9H2,1-3H3,(H,20,23). The number of hydrogen-bond donors (Lipinski definition) is 1. The number of halogens is 1. The molecule has 8 heteroatoms. The minimum Gasteiger partial charge on any atom is -0.325 e. The number of nitrogens with one attached hydrogen (secondary N) is 1. The summed E-state index contributed by atoms with van der Waals surface area (Å²) >= 11 is 2.71. The van der Waals surface area contributed by atoms with Crippen molar-refractivity contribution in [1.82, 2.24) is 9.55 Å². The molecule has 2 aromatic heterocycles. The maximum atomic E-state index is 12.9. The number of aryl methyl sites for hydroxylation is 2. The molecule has 26 heavy (non-hydrogen) atoms. The van der Waals surface area contributed by atoms with E-state index in [0.29, 0.717) is 21.1 Å². The minimum absolute atomic E-state index is 0.0855. The smallest absolute Gasteiger partial charge is 0.262 e. The van der Waals surface area contributed by atoms with Crippen molar-refractivity contribution in [1.29, 1.82) is 0 Å². The molecule has 1 amide bonds. The van der Waals surface area contributed by atoms with Gasteiger partial charge in [-0.15, -0.1) is 11.3 Å². The Morgan fingerprint density at radius 1 is 1.35 bits per heavy atom. The molecule has 0 aliphatic rings. The van der Waals surface area contributed by atoms with Crippen molar-refractivity contribution in [3.05, 3.63) is 50.9 Å². The Labute approximate surface area is 158 Å². The summed E-state index contributed by atoms with van der Waals surface area (Å²) in [6.07, 6.45) is 0.787. The molecule has 0 atom stereocenters. The van der Waals surface area contributed by atoms with E-state index in [1.165, 1.54) is 51.9 Å². The van der Waals surface area contributed by atoms with Crippen LogP contribution >= 0.6 is 23.1 Å². The lowest BCUT2D eigenvalue weighted by Crippen LogP contribution is -2.21. The van der Waals surface area contributed by atoms with Crippen molar-refractivity contribution in [2.24, 2.45) is 7.05 Å². The number of anilines is 1. The summed E-state index contributed by atoms with van der Waals surface area (Å²) in [7, 11) is 1.67. The molecule has 0 saturated heterocycles. The molecule has 1 aromatic carbocycles. The van der Waals surface area contributed by atoms with E-state index in [2.05, 4.69) is 10.3 Å². The summed E-state index contributed by atoms with van der Waals surface area (Å²) in [6, 6.07) is 5.57. The lowest BCUT2D eigenvalue weighted by Gasteiger charge is -2.08. The van der Waals surface area contributed by atoms with E-state index in [4.69, 9.17) is 0 Å². The first-order valence-electron chi connectivity index (χ1n) is 8.08. The third-order valence-corrected chi connectivity index (χ3v) is 6.08. The normalized spacial score (nSPS) is 11.1. The van der Waals surface area contributed by atoms with Gasteiger partial charge in [0.25, 0.3) is 5.56 Å². The molecule has 2 heterocycles. The van der Waals surface area contributed by atoms with Crippen LogP contribution in [0.3, 0.4) is 0 Å². The molecule has 0 spiro atoms. The fourth-order valence-corrected chi connectivity index (χ4v) is 4.62. The number of thiophene rings is 1. The Bertz CT molecular complexity index is 1030. The van der Waals surface area contributed by atoms with Gasteiger partial charge in [0, 0.05) is 17.6 Å². The number of carbonyl (C=O) groups excluding carboxylic acids is 1. The Balaban J connectivity index is 1.78. The quantitative estimate of drug-likeness (QED) is 0.532. The first-order valence-corrected chi connectivity index (χ1v) is 9.88. The van der Waals surface area contributed by atoms with Gasteiger partial charge in [0.05, 0.1) is 11.1 Å². The van der Waals surface area contributed by atoms with Gasteiger partial charge in [-0.05, 0) is 43.2 Å². The van der Waals surface area contributed by atoms with Crippen LogP contribution in [0.25, 0.3) is 10.2 Å². The first kappa shape index (κ1) is 18.6. The average Bonchev–Trinajstić information content (AvgIpc) is 2.94. The first-order chi connectivity index (χ1) is 12.4. The topological polar surface area (TPSA) is 64.0 Å². The average molecular weight is 391 g/mol. The Hall–Kier alpha value is -2.19. The van der Waals surface area contributed by atoms with Crippen LogP contribution in [0.15, 0.2) is 34.2 Å². The number of rotatable bonds is 5. The molecule has 5 nitrogen and oxygen atoms in total. The second-order valence-corrected chi connectivity index (χ2v) is 7.92. The predicted molar refractivity (Wildman–Crippen MR) is 105 cm³/mol. The molecule has 0 saturated carbocycles. The monoisotopic (exact) mass is 391 g/mol. The molecule has 136 valence electrons. The van der Waals surface area contributed by atoms with Crippen LogP contribution in [0.2, 0.25) is 0 Å². The van der Waals surface area contributed by atoms with Gasteiger partial charge in [-0.2, -0.15) is 0 Å². The molecule has 3 rings (SSSR count). The van der Waals surface area contributed by atoms with E-state index in [1.54, 1.807) is 7.05 Å². The number of hydrogen-bond acceptors (Lipinski definition) is 5. The van der Waals surface area contributed by atoms with E-state index in [-0.39, 0.29) is 23.0 Å². The summed E-state index contributed by atoms with van der Waals surface area (Å²) in [5, 5.41) is 3.87. The fourth-order valence-electron chi connectivity index (χ4n) is 2.69. The maximum absolute atomic E-state index is 12.9. The van der Waals surface area contributed by atoms with Crippen molar-refractivity contribution in [3.8, 4) is 0 Å². The van der Waals surface area contributed by atoms with Gasteiger partial charge in [0.15, 0.2) is 5.16 Å². The lowest BCUT2D eigenvalue weighted by molar-refractivity contribution is -0.113. The third-order valence-electron chi connectivity index (χ3n) is 4.01. The SMILES string of the molecule is CCc1c(C)sc2nc(SCC(=O)Nc3ccc(F)cc3)n(C)c(=O)c12. The zero-order valence-corrected chi connectivity index (χ0v) is 16.3. The zero-order chi connectivity index (χ0) is 18.8. The van der Waals surface area contributed by atoms with Gasteiger partial charge in [-0.1, -0.05) is 18.7 Å². The highest BCUT2D eigenvalue weighted by atomic mass is 32.2. The van der Waals surface area contributed by atoms with E-state index >= 15 is 0 Å². The summed E-state index contributed by atoms with van der Waals surface area (Å²) in [4.78, 5) is 31.2. The van der Waals surface area contributed by atoms with Gasteiger partial charge in [0.2, 0.25) is 5.91 Å². The summed E-state index contributed by atoms with van der Waals surface area (Å²) < 4.78 is 14.4. The number of thioether (sulfide) groups is 1. The highest BCUT2D eigenvalue weighted by Gasteiger charge is 2.17. The van der Waals surface area contributed by atoms with Crippen LogP contribution in [0, 0.1) is 12.7 Å². The van der Waals surface area contributed by atoms with Gasteiger partial charge in [0.1, 0.15) is 10.6 Å². The van der Waals surface area contributed by atoms with Crippen molar-refractivity contribution in [3.63, 3.8) is 0 Å². The Morgan fingerprint density at radius 2 is 2.04 bits per heavy atom. The van der Waals surface area contributed by atoms with Crippen LogP contribution in [-0.4, -0.2) is 21.2 Å². The Morgan fingerprint density at radius 3 is 2.69 bits per heavy atom. The maximum Gasteiger partial charge on any atom is 0.262 e. The number of amides is 1. The van der Waals surface area contributed by atoms with Crippen LogP contribution < -0.4 is 10.9 Å². The molecule has 0 aliphatic heterocycles. The molecule has 3 aromatic rings. The minimum atomic E-state index is -0.359. The van der Waals surface area contributed by atoms with E-state index in [1.807, 2.05) is 13.8 Å². The van der Waals surface area contributed by atoms with Crippen molar-refractivity contribution >= 4 is 44.9 Å². The summed E-state index contributed by atoms with van der Waals surface area (Å²) in [5.41, 5.74) is 1.48. The van der Waals surface area contributed by atoms with Crippen LogP contribution in [0.4, 0.5) is 10.1 Å². The van der Waals surface area contributed by atoms with Gasteiger partial charge in [-0.3, -0.25) is 14.2 Å². The third kappa shape index (κ3) is 3.66. The fraction of sp³-hybridized carbons (Fsp3) is 0.278. The van der Waals surface area contributed by atoms with Gasteiger partial charge in [-0.25, -0.2) is 9.37 Å². The number of fused-ring (bicyclic) bond motifs is 1. The highest BCUT2D eigenvalue weighted by Crippen LogP contribution is 2.29. The summed E-state index contributed by atoms with van der Waals surface area (Å²) in [6.45, 7) is 4.02. The van der Waals surface area contributed by atoms with E-state index in [9.17, 15) is 14.0 Å². The number of carbonyl (C=O) groups is 1. The van der Waals surface area contributed by atoms with Gasteiger partial charge >= 0.3 is 0 Å². The van der Waals surface area contributed by atoms with Crippen molar-refractivity contribution in [2.75, 3.05) is 11.1 Å².